The van der Waals surface area contributed by atoms with E-state index in [1.165, 1.54) is 6.42 Å². The summed E-state index contributed by atoms with van der Waals surface area (Å²) in [5.41, 5.74) is 0.494. The maximum Gasteiger partial charge on any atom is 0.121 e. The average Bonchev–Trinajstić information content (AvgIpc) is 2.64. The first-order valence-electron chi connectivity index (χ1n) is 5.55. The highest BCUT2D eigenvalue weighted by atomic mass is 35.5. The minimum Gasteiger partial charge on any atom is -0.490 e. The standard InChI is InChI=1S/C13H14ClNO/c1-9-2-4-11(6-9)16-12-5-3-10(8-15)13(14)7-12/h3,5,7,9,11H,2,4,6H2,1H3/t9-,11-/m0/s1. The average molecular weight is 236 g/mol. The molecule has 0 radical (unpaired) electrons. The first-order chi connectivity index (χ1) is 7.69. The minimum absolute atomic E-state index is 0.305. The zero-order valence-corrected chi connectivity index (χ0v) is 10.00. The van der Waals surface area contributed by atoms with E-state index in [2.05, 4.69) is 6.92 Å². The Balaban J connectivity index is 2.05. The molecule has 2 atom stereocenters. The van der Waals surface area contributed by atoms with Crippen LogP contribution in [-0.2, 0) is 0 Å². The molecule has 0 amide bonds. The van der Waals surface area contributed by atoms with Crippen molar-refractivity contribution in [2.45, 2.75) is 32.3 Å². The van der Waals surface area contributed by atoms with E-state index < -0.39 is 0 Å². The molecule has 2 rings (SSSR count). The van der Waals surface area contributed by atoms with E-state index >= 15 is 0 Å². The molecule has 2 nitrogen and oxygen atoms in total. The van der Waals surface area contributed by atoms with Crippen LogP contribution in [0.1, 0.15) is 31.7 Å². The fourth-order valence-corrected chi connectivity index (χ4v) is 2.33. The SMILES string of the molecule is C[C@H]1CC[C@H](Oc2ccc(C#N)c(Cl)c2)C1. The summed E-state index contributed by atoms with van der Waals surface area (Å²) in [6.45, 7) is 2.25. The van der Waals surface area contributed by atoms with Crippen molar-refractivity contribution in [2.24, 2.45) is 5.92 Å². The van der Waals surface area contributed by atoms with Crippen molar-refractivity contribution in [3.05, 3.63) is 28.8 Å². The molecule has 1 aliphatic carbocycles. The van der Waals surface area contributed by atoms with Gasteiger partial charge in [0.2, 0.25) is 0 Å². The van der Waals surface area contributed by atoms with Crippen LogP contribution in [0, 0.1) is 17.2 Å². The van der Waals surface area contributed by atoms with Crippen LogP contribution in [-0.4, -0.2) is 6.10 Å². The number of rotatable bonds is 2. The zero-order valence-electron chi connectivity index (χ0n) is 9.24. The third-order valence-electron chi connectivity index (χ3n) is 3.01. The molecule has 1 saturated carbocycles. The van der Waals surface area contributed by atoms with E-state index in [0.29, 0.717) is 16.7 Å². The number of benzene rings is 1. The van der Waals surface area contributed by atoms with Crippen LogP contribution in [0.2, 0.25) is 5.02 Å². The van der Waals surface area contributed by atoms with Crippen LogP contribution >= 0.6 is 11.6 Å². The predicted octanol–water partition coefficient (Wildman–Crippen LogP) is 3.78. The van der Waals surface area contributed by atoms with Gasteiger partial charge in [-0.3, -0.25) is 0 Å². The van der Waals surface area contributed by atoms with Crippen molar-refractivity contribution in [1.29, 1.82) is 5.26 Å². The number of hydrogen-bond donors (Lipinski definition) is 0. The second-order valence-corrected chi connectivity index (χ2v) is 4.82. The van der Waals surface area contributed by atoms with Gasteiger partial charge in [-0.25, -0.2) is 0 Å². The highest BCUT2D eigenvalue weighted by Gasteiger charge is 2.22. The summed E-state index contributed by atoms with van der Waals surface area (Å²) >= 11 is 5.94. The molecule has 1 aromatic carbocycles. The number of hydrogen-bond acceptors (Lipinski definition) is 2. The molecule has 0 unspecified atom stereocenters. The Kier molecular flexibility index (Phi) is 3.36. The van der Waals surface area contributed by atoms with Crippen LogP contribution in [0.25, 0.3) is 0 Å². The van der Waals surface area contributed by atoms with E-state index in [1.807, 2.05) is 12.1 Å². The second-order valence-electron chi connectivity index (χ2n) is 4.41. The molecule has 1 fully saturated rings. The summed E-state index contributed by atoms with van der Waals surface area (Å²) in [7, 11) is 0. The van der Waals surface area contributed by atoms with Crippen LogP contribution in [0.5, 0.6) is 5.75 Å². The van der Waals surface area contributed by atoms with E-state index in [1.54, 1.807) is 12.1 Å². The van der Waals surface area contributed by atoms with Crippen molar-refractivity contribution in [2.75, 3.05) is 0 Å². The van der Waals surface area contributed by atoms with Gasteiger partial charge in [0.1, 0.15) is 11.8 Å². The van der Waals surface area contributed by atoms with Gasteiger partial charge in [0.15, 0.2) is 0 Å². The molecule has 1 aliphatic rings. The van der Waals surface area contributed by atoms with Gasteiger partial charge >= 0.3 is 0 Å². The van der Waals surface area contributed by atoms with Gasteiger partial charge in [0.25, 0.3) is 0 Å². The molecular weight excluding hydrogens is 222 g/mol. The summed E-state index contributed by atoms with van der Waals surface area (Å²) in [5.74, 6) is 1.52. The monoisotopic (exact) mass is 235 g/mol. The van der Waals surface area contributed by atoms with Crippen LogP contribution < -0.4 is 4.74 Å². The summed E-state index contributed by atoms with van der Waals surface area (Å²) in [6.07, 6.45) is 3.75. The topological polar surface area (TPSA) is 33.0 Å². The lowest BCUT2D eigenvalue weighted by molar-refractivity contribution is 0.205. The van der Waals surface area contributed by atoms with Gasteiger partial charge in [-0.15, -0.1) is 0 Å². The Bertz CT molecular complexity index is 424. The van der Waals surface area contributed by atoms with Gasteiger partial charge in [-0.05, 0) is 37.3 Å². The first kappa shape index (κ1) is 11.3. The van der Waals surface area contributed by atoms with E-state index in [0.717, 1.165) is 24.5 Å². The second kappa shape index (κ2) is 4.76. The Labute approximate surface area is 101 Å². The van der Waals surface area contributed by atoms with Crippen LogP contribution in [0.4, 0.5) is 0 Å². The molecular formula is C13H14ClNO. The minimum atomic E-state index is 0.305. The largest absolute Gasteiger partial charge is 0.490 e. The number of ether oxygens (including phenoxy) is 1. The Morgan fingerprint density at radius 2 is 2.25 bits per heavy atom. The number of halogens is 1. The molecule has 84 valence electrons. The van der Waals surface area contributed by atoms with E-state index in [-0.39, 0.29) is 0 Å². The lowest BCUT2D eigenvalue weighted by Gasteiger charge is -2.13. The Morgan fingerprint density at radius 1 is 1.44 bits per heavy atom. The fourth-order valence-electron chi connectivity index (χ4n) is 2.11. The Hall–Kier alpha value is -1.20. The van der Waals surface area contributed by atoms with Gasteiger partial charge in [0, 0.05) is 6.07 Å². The van der Waals surface area contributed by atoms with Crippen molar-refractivity contribution < 1.29 is 4.74 Å². The maximum atomic E-state index is 8.75. The molecule has 0 bridgehead atoms. The molecule has 0 N–H and O–H groups in total. The van der Waals surface area contributed by atoms with Crippen LogP contribution in [0.15, 0.2) is 18.2 Å². The predicted molar refractivity (Wildman–Crippen MR) is 63.6 cm³/mol. The molecule has 0 saturated heterocycles. The maximum absolute atomic E-state index is 8.75. The van der Waals surface area contributed by atoms with Gasteiger partial charge < -0.3 is 4.74 Å². The highest BCUT2D eigenvalue weighted by molar-refractivity contribution is 6.31. The fraction of sp³-hybridized carbons (Fsp3) is 0.462. The lowest BCUT2D eigenvalue weighted by atomic mass is 10.1. The van der Waals surface area contributed by atoms with Gasteiger partial charge in [-0.1, -0.05) is 18.5 Å². The van der Waals surface area contributed by atoms with Gasteiger partial charge in [0.05, 0.1) is 16.7 Å². The summed E-state index contributed by atoms with van der Waals surface area (Å²) in [6, 6.07) is 7.28. The summed E-state index contributed by atoms with van der Waals surface area (Å²) < 4.78 is 5.83. The molecule has 3 heteroatoms. The zero-order chi connectivity index (χ0) is 11.5. The quantitative estimate of drug-likeness (QED) is 0.782. The van der Waals surface area contributed by atoms with Crippen molar-refractivity contribution in [3.8, 4) is 11.8 Å². The number of nitriles is 1. The molecule has 0 spiro atoms. The third-order valence-corrected chi connectivity index (χ3v) is 3.32. The van der Waals surface area contributed by atoms with Crippen molar-refractivity contribution >= 4 is 11.6 Å². The van der Waals surface area contributed by atoms with Crippen LogP contribution in [0.3, 0.4) is 0 Å². The van der Waals surface area contributed by atoms with Crippen molar-refractivity contribution in [3.63, 3.8) is 0 Å². The normalized spacial score (nSPS) is 24.1. The summed E-state index contributed by atoms with van der Waals surface area (Å²) in [4.78, 5) is 0. The Morgan fingerprint density at radius 3 is 2.81 bits per heavy atom. The first-order valence-corrected chi connectivity index (χ1v) is 5.93. The lowest BCUT2D eigenvalue weighted by Crippen LogP contribution is -2.11. The molecule has 0 aliphatic heterocycles. The molecule has 1 aromatic rings. The van der Waals surface area contributed by atoms with Gasteiger partial charge in [-0.2, -0.15) is 5.26 Å². The highest BCUT2D eigenvalue weighted by Crippen LogP contribution is 2.30. The van der Waals surface area contributed by atoms with Crippen molar-refractivity contribution in [1.82, 2.24) is 0 Å². The third kappa shape index (κ3) is 2.48. The number of nitrogens with zero attached hydrogens (tertiary/aromatic N) is 1. The molecule has 16 heavy (non-hydrogen) atoms. The van der Waals surface area contributed by atoms with E-state index in [9.17, 15) is 0 Å². The summed E-state index contributed by atoms with van der Waals surface area (Å²) in [5, 5.41) is 9.22. The molecule has 0 aromatic heterocycles. The molecule has 0 heterocycles. The van der Waals surface area contributed by atoms with E-state index in [4.69, 9.17) is 21.6 Å². The smallest absolute Gasteiger partial charge is 0.121 e.